The Bertz CT molecular complexity index is 1060. The van der Waals surface area contributed by atoms with E-state index >= 15 is 0 Å². The molecule has 0 radical (unpaired) electrons. The van der Waals surface area contributed by atoms with E-state index in [0.29, 0.717) is 23.4 Å². The molecule has 156 valence electrons. The van der Waals surface area contributed by atoms with Crippen LogP contribution in [0, 0.1) is 13.8 Å². The summed E-state index contributed by atoms with van der Waals surface area (Å²) in [6.07, 6.45) is 6.15. The van der Waals surface area contributed by atoms with Crippen molar-refractivity contribution >= 4 is 23.6 Å². The van der Waals surface area contributed by atoms with Crippen molar-refractivity contribution in [1.29, 1.82) is 0 Å². The number of amides is 1. The minimum absolute atomic E-state index is 0.292. The molecule has 8 heteroatoms. The molecule has 3 aromatic rings. The fourth-order valence-corrected chi connectivity index (χ4v) is 3.43. The second-order valence-corrected chi connectivity index (χ2v) is 6.63. The van der Waals surface area contributed by atoms with Crippen LogP contribution < -0.4 is 5.32 Å². The Hall–Kier alpha value is -3.68. The van der Waals surface area contributed by atoms with E-state index in [1.165, 1.54) is 12.4 Å². The molecule has 0 unspecified atom stereocenters. The van der Waals surface area contributed by atoms with Gasteiger partial charge in [-0.25, -0.2) is 14.5 Å². The van der Waals surface area contributed by atoms with Crippen LogP contribution in [0.3, 0.4) is 0 Å². The van der Waals surface area contributed by atoms with E-state index in [1.54, 1.807) is 36.1 Å². The molecule has 0 aliphatic rings. The third-order valence-corrected chi connectivity index (χ3v) is 4.85. The molecule has 0 spiro atoms. The molecule has 2 aromatic heterocycles. The third kappa shape index (κ3) is 4.32. The number of nitrogens with one attached hydrogen (secondary N) is 1. The summed E-state index contributed by atoms with van der Waals surface area (Å²) in [5, 5.41) is 6.89. The first-order chi connectivity index (χ1) is 14.5. The van der Waals surface area contributed by atoms with Gasteiger partial charge in [-0.1, -0.05) is 0 Å². The van der Waals surface area contributed by atoms with E-state index in [4.69, 9.17) is 4.74 Å². The summed E-state index contributed by atoms with van der Waals surface area (Å²) in [6, 6.07) is 7.25. The number of anilines is 1. The van der Waals surface area contributed by atoms with Crippen LogP contribution in [-0.4, -0.2) is 37.8 Å². The number of nitrogens with zero attached hydrogens (tertiary/aromatic N) is 4. The molecule has 1 aromatic carbocycles. The standard InChI is InChI=1S/C22H25N5O3/c1-5-26-15(3)19(21(16(26)4)22(29)30-6-2)11-12-20(28)25-17-7-9-18(10-8-17)27-14-23-13-24-27/h7-14H,5-6H2,1-4H3,(H,25,28)/b12-11+. The number of hydrogen-bond acceptors (Lipinski definition) is 5. The van der Waals surface area contributed by atoms with Crippen LogP contribution in [0.15, 0.2) is 43.0 Å². The second kappa shape index (κ2) is 9.21. The van der Waals surface area contributed by atoms with Gasteiger partial charge in [0.25, 0.3) is 0 Å². The lowest BCUT2D eigenvalue weighted by molar-refractivity contribution is -0.111. The van der Waals surface area contributed by atoms with E-state index in [1.807, 2.05) is 37.5 Å². The van der Waals surface area contributed by atoms with Crippen molar-refractivity contribution in [2.24, 2.45) is 0 Å². The molecule has 0 fully saturated rings. The largest absolute Gasteiger partial charge is 0.462 e. The zero-order valence-corrected chi connectivity index (χ0v) is 17.5. The van der Waals surface area contributed by atoms with Crippen molar-refractivity contribution in [3.63, 3.8) is 0 Å². The number of ether oxygens (including phenoxy) is 1. The third-order valence-electron chi connectivity index (χ3n) is 4.85. The highest BCUT2D eigenvalue weighted by Crippen LogP contribution is 2.25. The van der Waals surface area contributed by atoms with Crippen molar-refractivity contribution in [1.82, 2.24) is 19.3 Å². The lowest BCUT2D eigenvalue weighted by Gasteiger charge is -2.05. The summed E-state index contributed by atoms with van der Waals surface area (Å²) in [5.74, 6) is -0.673. The molecule has 0 aliphatic carbocycles. The molecule has 1 amide bonds. The Balaban J connectivity index is 1.78. The Labute approximate surface area is 175 Å². The molecule has 0 atom stereocenters. The topological polar surface area (TPSA) is 91.0 Å². The van der Waals surface area contributed by atoms with Gasteiger partial charge in [0.2, 0.25) is 5.91 Å². The van der Waals surface area contributed by atoms with Crippen LogP contribution in [0.5, 0.6) is 0 Å². The zero-order chi connectivity index (χ0) is 21.7. The molecule has 3 rings (SSSR count). The average Bonchev–Trinajstić information content (AvgIpc) is 3.34. The van der Waals surface area contributed by atoms with Gasteiger partial charge in [0.1, 0.15) is 12.7 Å². The average molecular weight is 407 g/mol. The summed E-state index contributed by atoms with van der Waals surface area (Å²) in [7, 11) is 0. The minimum Gasteiger partial charge on any atom is -0.462 e. The van der Waals surface area contributed by atoms with Crippen molar-refractivity contribution in [2.75, 3.05) is 11.9 Å². The fourth-order valence-electron chi connectivity index (χ4n) is 3.43. The van der Waals surface area contributed by atoms with Gasteiger partial charge in [0, 0.05) is 35.3 Å². The number of esters is 1. The SMILES string of the molecule is CCOC(=O)c1c(/C=C/C(=O)Nc2ccc(-n3cncn3)cc2)c(C)n(CC)c1C. The van der Waals surface area contributed by atoms with Crippen LogP contribution in [0.1, 0.15) is 41.2 Å². The normalized spacial score (nSPS) is 11.1. The van der Waals surface area contributed by atoms with Crippen molar-refractivity contribution in [3.8, 4) is 5.69 Å². The number of benzene rings is 1. The van der Waals surface area contributed by atoms with E-state index < -0.39 is 0 Å². The predicted octanol–water partition coefficient (Wildman–Crippen LogP) is 3.53. The first-order valence-electron chi connectivity index (χ1n) is 9.77. The Morgan fingerprint density at radius 3 is 2.47 bits per heavy atom. The van der Waals surface area contributed by atoms with Gasteiger partial charge in [-0.15, -0.1) is 0 Å². The van der Waals surface area contributed by atoms with E-state index in [2.05, 4.69) is 15.4 Å². The summed E-state index contributed by atoms with van der Waals surface area (Å²) >= 11 is 0. The van der Waals surface area contributed by atoms with Crippen LogP contribution in [-0.2, 0) is 16.1 Å². The van der Waals surface area contributed by atoms with Crippen LogP contribution in [0.2, 0.25) is 0 Å². The summed E-state index contributed by atoms with van der Waals surface area (Å²) in [5.41, 5.74) is 4.43. The monoisotopic (exact) mass is 407 g/mol. The van der Waals surface area contributed by atoms with Crippen LogP contribution >= 0.6 is 0 Å². The van der Waals surface area contributed by atoms with Gasteiger partial charge in [-0.05, 0) is 58.0 Å². The molecule has 8 nitrogen and oxygen atoms in total. The molecule has 2 heterocycles. The van der Waals surface area contributed by atoms with Crippen LogP contribution in [0.4, 0.5) is 5.69 Å². The molecule has 1 N–H and O–H groups in total. The zero-order valence-electron chi connectivity index (χ0n) is 17.5. The van der Waals surface area contributed by atoms with E-state index in [0.717, 1.165) is 23.6 Å². The van der Waals surface area contributed by atoms with E-state index in [9.17, 15) is 9.59 Å². The first kappa shape index (κ1) is 21.0. The van der Waals surface area contributed by atoms with Gasteiger partial charge in [-0.3, -0.25) is 4.79 Å². The summed E-state index contributed by atoms with van der Waals surface area (Å²) in [4.78, 5) is 28.8. The van der Waals surface area contributed by atoms with Crippen molar-refractivity contribution in [3.05, 3.63) is 65.5 Å². The number of carbonyl (C=O) groups excluding carboxylic acids is 2. The number of hydrogen-bond donors (Lipinski definition) is 1. The molecule has 0 aliphatic heterocycles. The predicted molar refractivity (Wildman–Crippen MR) is 115 cm³/mol. The Kier molecular flexibility index (Phi) is 6.46. The Morgan fingerprint density at radius 1 is 1.13 bits per heavy atom. The highest BCUT2D eigenvalue weighted by Gasteiger charge is 2.22. The number of rotatable bonds is 7. The fraction of sp³-hybridized carbons (Fsp3) is 0.273. The van der Waals surface area contributed by atoms with Gasteiger partial charge in [0.05, 0.1) is 17.9 Å². The van der Waals surface area contributed by atoms with Gasteiger partial charge in [-0.2, -0.15) is 5.10 Å². The molecular formula is C22H25N5O3. The first-order valence-corrected chi connectivity index (χ1v) is 9.77. The van der Waals surface area contributed by atoms with Gasteiger partial charge in [0.15, 0.2) is 0 Å². The van der Waals surface area contributed by atoms with Gasteiger partial charge >= 0.3 is 5.97 Å². The lowest BCUT2D eigenvalue weighted by atomic mass is 10.1. The summed E-state index contributed by atoms with van der Waals surface area (Å²) < 4.78 is 8.87. The molecule has 0 saturated heterocycles. The molecule has 0 saturated carbocycles. The smallest absolute Gasteiger partial charge is 0.340 e. The minimum atomic E-state index is -0.381. The Morgan fingerprint density at radius 2 is 1.87 bits per heavy atom. The number of carbonyl (C=O) groups is 2. The number of aromatic nitrogens is 4. The molecule has 0 bridgehead atoms. The highest BCUT2D eigenvalue weighted by molar-refractivity contribution is 6.04. The maximum Gasteiger partial charge on any atom is 0.340 e. The van der Waals surface area contributed by atoms with Crippen molar-refractivity contribution in [2.45, 2.75) is 34.2 Å². The lowest BCUT2D eigenvalue weighted by Crippen LogP contribution is -2.09. The van der Waals surface area contributed by atoms with Crippen LogP contribution in [0.25, 0.3) is 11.8 Å². The quantitative estimate of drug-likeness (QED) is 0.478. The van der Waals surface area contributed by atoms with Crippen molar-refractivity contribution < 1.29 is 14.3 Å². The highest BCUT2D eigenvalue weighted by atomic mass is 16.5. The summed E-state index contributed by atoms with van der Waals surface area (Å²) in [6.45, 7) is 8.62. The van der Waals surface area contributed by atoms with Gasteiger partial charge < -0.3 is 14.6 Å². The maximum atomic E-state index is 12.5. The second-order valence-electron chi connectivity index (χ2n) is 6.63. The van der Waals surface area contributed by atoms with E-state index in [-0.39, 0.29) is 11.9 Å². The maximum absolute atomic E-state index is 12.5. The molecule has 30 heavy (non-hydrogen) atoms. The molecular weight excluding hydrogens is 382 g/mol.